The van der Waals surface area contributed by atoms with E-state index < -0.39 is 11.9 Å². The Kier molecular flexibility index (Phi) is 5.23. The van der Waals surface area contributed by atoms with E-state index in [-0.39, 0.29) is 30.7 Å². The maximum Gasteiger partial charge on any atom is 0.272 e. The van der Waals surface area contributed by atoms with Crippen LogP contribution in [0.2, 0.25) is 0 Å². The van der Waals surface area contributed by atoms with E-state index in [2.05, 4.69) is 27.8 Å². The van der Waals surface area contributed by atoms with Gasteiger partial charge < -0.3 is 15.2 Å². The molecular weight excluding hydrogens is 432 g/mol. The Hall–Kier alpha value is -3.94. The molecule has 0 bridgehead atoms. The van der Waals surface area contributed by atoms with Gasteiger partial charge in [0.25, 0.3) is 11.8 Å². The first-order valence-electron chi connectivity index (χ1n) is 11.5. The number of aromatic nitrogens is 1. The minimum Gasteiger partial charge on any atom is -0.350 e. The van der Waals surface area contributed by atoms with Crippen LogP contribution < -0.4 is 10.6 Å². The van der Waals surface area contributed by atoms with Crippen LogP contribution in [0, 0.1) is 13.8 Å². The summed E-state index contributed by atoms with van der Waals surface area (Å²) in [5.74, 6) is -1.24. The highest BCUT2D eigenvalue weighted by molar-refractivity contribution is 6.09. The van der Waals surface area contributed by atoms with Crippen molar-refractivity contribution in [1.29, 1.82) is 0 Å². The summed E-state index contributed by atoms with van der Waals surface area (Å²) in [6, 6.07) is 8.68. The van der Waals surface area contributed by atoms with Gasteiger partial charge in [-0.3, -0.25) is 24.5 Å². The molecule has 2 aliphatic rings. The SMILES string of the molecule is CCc1c(C(=O)Nc2ccc3c(c2)CN(C2CCC(=O)NC2=O)C3=O)[nH]c2c(C)cc(C)cc12. The topological polar surface area (TPSA) is 111 Å². The summed E-state index contributed by atoms with van der Waals surface area (Å²) in [4.78, 5) is 54.6. The molecular formula is C26H26N4O4. The number of H-pyrrole nitrogens is 1. The lowest BCUT2D eigenvalue weighted by Crippen LogP contribution is -2.52. The molecule has 8 nitrogen and oxygen atoms in total. The fourth-order valence-electron chi connectivity index (χ4n) is 5.11. The number of rotatable bonds is 4. The van der Waals surface area contributed by atoms with Gasteiger partial charge in [-0.2, -0.15) is 0 Å². The van der Waals surface area contributed by atoms with Crippen LogP contribution in [0.1, 0.15) is 62.9 Å². The number of fused-ring (bicyclic) bond motifs is 2. The maximum absolute atomic E-state index is 13.2. The normalized spacial score (nSPS) is 17.8. The maximum atomic E-state index is 13.2. The summed E-state index contributed by atoms with van der Waals surface area (Å²) in [6.07, 6.45) is 1.24. The second kappa shape index (κ2) is 8.13. The van der Waals surface area contributed by atoms with E-state index in [9.17, 15) is 19.2 Å². The predicted molar refractivity (Wildman–Crippen MR) is 128 cm³/mol. The van der Waals surface area contributed by atoms with E-state index in [1.165, 1.54) is 4.90 Å². The Morgan fingerprint density at radius 1 is 1.15 bits per heavy atom. The van der Waals surface area contributed by atoms with Crippen molar-refractivity contribution in [3.63, 3.8) is 0 Å². The lowest BCUT2D eigenvalue weighted by atomic mass is 10.0. The summed E-state index contributed by atoms with van der Waals surface area (Å²) in [6.45, 7) is 6.36. The average molecular weight is 459 g/mol. The molecule has 5 rings (SSSR count). The highest BCUT2D eigenvalue weighted by Gasteiger charge is 2.39. The lowest BCUT2D eigenvalue weighted by Gasteiger charge is -2.29. The zero-order valence-corrected chi connectivity index (χ0v) is 19.4. The molecule has 0 radical (unpaired) electrons. The highest BCUT2D eigenvalue weighted by atomic mass is 16.2. The van der Waals surface area contributed by atoms with Crippen LogP contribution in [-0.2, 0) is 22.6 Å². The number of nitrogens with one attached hydrogen (secondary N) is 3. The molecule has 8 heteroatoms. The van der Waals surface area contributed by atoms with E-state index in [4.69, 9.17) is 0 Å². The van der Waals surface area contributed by atoms with Gasteiger partial charge >= 0.3 is 0 Å². The van der Waals surface area contributed by atoms with E-state index in [0.717, 1.165) is 33.2 Å². The standard InChI is InChI=1S/C26H26N4O4/c1-4-17-19-10-13(2)9-14(3)22(19)29-23(17)25(33)27-16-5-6-18-15(11-16)12-30(26(18)34)20-7-8-21(31)28-24(20)32/h5-6,9-11,20,29H,4,7-8,12H2,1-3H3,(H,27,33)(H,28,31,32). The van der Waals surface area contributed by atoms with Crippen LogP contribution in [-0.4, -0.2) is 39.6 Å². The Labute approximate surface area is 196 Å². The van der Waals surface area contributed by atoms with Gasteiger partial charge in [0.05, 0.1) is 0 Å². The number of piperidine rings is 1. The Morgan fingerprint density at radius 3 is 2.68 bits per heavy atom. The first kappa shape index (κ1) is 21.9. The summed E-state index contributed by atoms with van der Waals surface area (Å²) in [7, 11) is 0. The number of carbonyl (C=O) groups excluding carboxylic acids is 4. The first-order valence-corrected chi connectivity index (χ1v) is 11.5. The molecule has 3 heterocycles. The Balaban J connectivity index is 1.39. The zero-order chi connectivity index (χ0) is 24.1. The molecule has 3 N–H and O–H groups in total. The lowest BCUT2D eigenvalue weighted by molar-refractivity contribution is -0.136. The molecule has 0 saturated carbocycles. The molecule has 34 heavy (non-hydrogen) atoms. The number of amides is 4. The molecule has 0 spiro atoms. The van der Waals surface area contributed by atoms with Gasteiger partial charge in [-0.25, -0.2) is 0 Å². The largest absolute Gasteiger partial charge is 0.350 e. The molecule has 2 aromatic carbocycles. The quantitative estimate of drug-likeness (QED) is 0.521. The Morgan fingerprint density at radius 2 is 1.94 bits per heavy atom. The summed E-state index contributed by atoms with van der Waals surface area (Å²) in [5, 5.41) is 6.32. The molecule has 2 aliphatic heterocycles. The van der Waals surface area contributed by atoms with Gasteiger partial charge in [0.15, 0.2) is 0 Å². The molecule has 1 aromatic heterocycles. The van der Waals surface area contributed by atoms with Crippen LogP contribution >= 0.6 is 0 Å². The molecule has 0 aliphatic carbocycles. The predicted octanol–water partition coefficient (Wildman–Crippen LogP) is 3.36. The number of carbonyl (C=O) groups is 4. The monoisotopic (exact) mass is 458 g/mol. The third-order valence-electron chi connectivity index (χ3n) is 6.72. The zero-order valence-electron chi connectivity index (χ0n) is 19.4. The summed E-state index contributed by atoms with van der Waals surface area (Å²) in [5.41, 5.74) is 6.54. The second-order valence-corrected chi connectivity index (χ2v) is 9.06. The third kappa shape index (κ3) is 3.55. The number of imide groups is 1. The number of nitrogens with zero attached hydrogens (tertiary/aromatic N) is 1. The van der Waals surface area contributed by atoms with Crippen LogP contribution in [0.15, 0.2) is 30.3 Å². The molecule has 3 aromatic rings. The van der Waals surface area contributed by atoms with Crippen molar-refractivity contribution in [3.8, 4) is 0 Å². The minimum absolute atomic E-state index is 0.209. The van der Waals surface area contributed by atoms with Crippen molar-refractivity contribution in [1.82, 2.24) is 15.2 Å². The molecule has 1 saturated heterocycles. The van der Waals surface area contributed by atoms with Gasteiger partial charge in [0, 0.05) is 35.1 Å². The van der Waals surface area contributed by atoms with Gasteiger partial charge in [-0.1, -0.05) is 18.6 Å². The van der Waals surface area contributed by atoms with Crippen molar-refractivity contribution in [2.75, 3.05) is 5.32 Å². The third-order valence-corrected chi connectivity index (χ3v) is 6.72. The summed E-state index contributed by atoms with van der Waals surface area (Å²) >= 11 is 0. The van der Waals surface area contributed by atoms with E-state index in [1.54, 1.807) is 18.2 Å². The number of benzene rings is 2. The molecule has 1 fully saturated rings. The van der Waals surface area contributed by atoms with Crippen molar-refractivity contribution >= 4 is 40.2 Å². The van der Waals surface area contributed by atoms with E-state index >= 15 is 0 Å². The van der Waals surface area contributed by atoms with Crippen molar-refractivity contribution < 1.29 is 19.2 Å². The molecule has 174 valence electrons. The van der Waals surface area contributed by atoms with E-state index in [1.807, 2.05) is 20.8 Å². The van der Waals surface area contributed by atoms with E-state index in [0.29, 0.717) is 29.8 Å². The van der Waals surface area contributed by atoms with Crippen molar-refractivity contribution in [3.05, 3.63) is 63.8 Å². The second-order valence-electron chi connectivity index (χ2n) is 9.06. The fourth-order valence-corrected chi connectivity index (χ4v) is 5.11. The van der Waals surface area contributed by atoms with Crippen LogP contribution in [0.3, 0.4) is 0 Å². The summed E-state index contributed by atoms with van der Waals surface area (Å²) < 4.78 is 0. The van der Waals surface area contributed by atoms with Crippen molar-refractivity contribution in [2.24, 2.45) is 0 Å². The van der Waals surface area contributed by atoms with Crippen molar-refractivity contribution in [2.45, 2.75) is 52.6 Å². The molecule has 1 unspecified atom stereocenters. The van der Waals surface area contributed by atoms with Gasteiger partial charge in [-0.05, 0) is 67.6 Å². The Bertz CT molecular complexity index is 1390. The molecule has 1 atom stereocenters. The van der Waals surface area contributed by atoms with Crippen LogP contribution in [0.4, 0.5) is 5.69 Å². The fraction of sp³-hybridized carbons (Fsp3) is 0.308. The van der Waals surface area contributed by atoms with Crippen LogP contribution in [0.5, 0.6) is 0 Å². The first-order chi connectivity index (χ1) is 16.3. The van der Waals surface area contributed by atoms with Gasteiger partial charge in [0.1, 0.15) is 11.7 Å². The van der Waals surface area contributed by atoms with Crippen LogP contribution in [0.25, 0.3) is 10.9 Å². The van der Waals surface area contributed by atoms with Gasteiger partial charge in [-0.15, -0.1) is 0 Å². The number of aryl methyl sites for hydroxylation is 3. The number of anilines is 1. The highest BCUT2D eigenvalue weighted by Crippen LogP contribution is 2.31. The van der Waals surface area contributed by atoms with Gasteiger partial charge in [0.2, 0.25) is 11.8 Å². The smallest absolute Gasteiger partial charge is 0.272 e. The minimum atomic E-state index is -0.666. The molecule has 4 amide bonds. The number of aromatic amines is 1. The number of hydrogen-bond acceptors (Lipinski definition) is 4. The average Bonchev–Trinajstić information content (AvgIpc) is 3.31. The number of hydrogen-bond donors (Lipinski definition) is 3.